The van der Waals surface area contributed by atoms with Crippen LogP contribution in [0.3, 0.4) is 0 Å². The molecule has 0 saturated carbocycles. The van der Waals surface area contributed by atoms with E-state index in [1.54, 1.807) is 6.07 Å². The number of anilines is 1. The molecule has 2 heterocycles. The number of rotatable bonds is 9. The Hall–Kier alpha value is -2.75. The van der Waals surface area contributed by atoms with E-state index in [2.05, 4.69) is 43.6 Å². The SMILES string of the molecule is CC(C)(C)C.O=C1Nc2cc(Cl)c(F)cc2C12CNCC2c1ccc(F)c(Cl)c1.O=CNCCCCCCC(=O)O. The van der Waals surface area contributed by atoms with Gasteiger partial charge in [0.2, 0.25) is 12.3 Å². The number of unbranched alkanes of at least 4 members (excludes halogenated alkanes) is 3. The second-order valence-electron chi connectivity index (χ2n) is 11.7. The molecule has 0 radical (unpaired) electrons. The van der Waals surface area contributed by atoms with Gasteiger partial charge in [0.05, 0.1) is 15.5 Å². The normalized spacial score (nSPS) is 18.9. The summed E-state index contributed by atoms with van der Waals surface area (Å²) >= 11 is 11.7. The van der Waals surface area contributed by atoms with Gasteiger partial charge in [-0.1, -0.05) is 69.8 Å². The van der Waals surface area contributed by atoms with E-state index in [0.29, 0.717) is 42.7 Å². The van der Waals surface area contributed by atoms with Gasteiger partial charge in [-0.25, -0.2) is 8.78 Å². The number of aliphatic carboxylic acids is 1. The predicted molar refractivity (Wildman–Crippen MR) is 159 cm³/mol. The fourth-order valence-electron chi connectivity index (χ4n) is 4.66. The van der Waals surface area contributed by atoms with Crippen molar-refractivity contribution in [3.05, 3.63) is 63.1 Å². The Labute approximate surface area is 250 Å². The average molecular weight is 615 g/mol. The van der Waals surface area contributed by atoms with Gasteiger partial charge in [0, 0.05) is 37.7 Å². The summed E-state index contributed by atoms with van der Waals surface area (Å²) in [6, 6.07) is 7.14. The zero-order valence-corrected chi connectivity index (χ0v) is 25.4. The van der Waals surface area contributed by atoms with Crippen LogP contribution in [0.25, 0.3) is 0 Å². The van der Waals surface area contributed by atoms with Crippen molar-refractivity contribution < 1.29 is 28.3 Å². The van der Waals surface area contributed by atoms with Gasteiger partial charge >= 0.3 is 5.97 Å². The van der Waals surface area contributed by atoms with Crippen molar-refractivity contribution >= 4 is 47.2 Å². The van der Waals surface area contributed by atoms with Crippen LogP contribution in [0.4, 0.5) is 14.5 Å². The van der Waals surface area contributed by atoms with E-state index in [1.807, 2.05) is 0 Å². The number of fused-ring (bicyclic) bond motifs is 2. The molecular weight excluding hydrogens is 575 g/mol. The van der Waals surface area contributed by atoms with E-state index in [9.17, 15) is 23.2 Å². The summed E-state index contributed by atoms with van der Waals surface area (Å²) in [5, 5.41) is 16.8. The molecule has 1 fully saturated rings. The highest BCUT2D eigenvalue weighted by molar-refractivity contribution is 6.31. The minimum Gasteiger partial charge on any atom is -0.481 e. The maximum absolute atomic E-state index is 14.0. The van der Waals surface area contributed by atoms with Crippen LogP contribution in [0, 0.1) is 17.0 Å². The van der Waals surface area contributed by atoms with Crippen molar-refractivity contribution in [1.29, 1.82) is 0 Å². The highest BCUT2D eigenvalue weighted by Crippen LogP contribution is 2.50. The molecule has 7 nitrogen and oxygen atoms in total. The van der Waals surface area contributed by atoms with Crippen LogP contribution in [0.5, 0.6) is 0 Å². The zero-order chi connectivity index (χ0) is 30.8. The third kappa shape index (κ3) is 9.94. The van der Waals surface area contributed by atoms with E-state index < -0.39 is 23.0 Å². The fourth-order valence-corrected chi connectivity index (χ4v) is 5.01. The molecule has 1 saturated heterocycles. The van der Waals surface area contributed by atoms with Gasteiger partial charge in [-0.2, -0.15) is 0 Å². The molecule has 4 N–H and O–H groups in total. The summed E-state index contributed by atoms with van der Waals surface area (Å²) in [6.45, 7) is 10.3. The molecule has 2 aromatic rings. The molecule has 2 aliphatic rings. The quantitative estimate of drug-likeness (QED) is 0.187. The lowest BCUT2D eigenvalue weighted by Gasteiger charge is -2.29. The van der Waals surface area contributed by atoms with Crippen molar-refractivity contribution in [2.45, 2.75) is 71.1 Å². The van der Waals surface area contributed by atoms with Crippen LogP contribution in [0.2, 0.25) is 10.0 Å². The van der Waals surface area contributed by atoms with Gasteiger partial charge in [0.25, 0.3) is 0 Å². The van der Waals surface area contributed by atoms with Gasteiger partial charge in [0.15, 0.2) is 0 Å². The Morgan fingerprint density at radius 1 is 1.07 bits per heavy atom. The number of carbonyl (C=O) groups excluding carboxylic acids is 2. The first-order valence-electron chi connectivity index (χ1n) is 13.6. The van der Waals surface area contributed by atoms with Crippen LogP contribution >= 0.6 is 23.2 Å². The number of halogens is 4. The lowest BCUT2D eigenvalue weighted by molar-refractivity contribution is -0.137. The molecule has 1 spiro atoms. The van der Waals surface area contributed by atoms with Crippen LogP contribution in [-0.4, -0.2) is 43.0 Å². The highest BCUT2D eigenvalue weighted by Gasteiger charge is 2.55. The van der Waals surface area contributed by atoms with Crippen LogP contribution in [-0.2, 0) is 19.8 Å². The van der Waals surface area contributed by atoms with Crippen molar-refractivity contribution in [1.82, 2.24) is 10.6 Å². The van der Waals surface area contributed by atoms with Crippen molar-refractivity contribution in [2.24, 2.45) is 5.41 Å². The molecule has 2 aromatic carbocycles. The Bertz CT molecular complexity index is 1220. The zero-order valence-electron chi connectivity index (χ0n) is 23.9. The third-order valence-electron chi connectivity index (χ3n) is 6.43. The second-order valence-corrected chi connectivity index (χ2v) is 12.5. The topological polar surface area (TPSA) is 108 Å². The van der Waals surface area contributed by atoms with Gasteiger partial charge in [0.1, 0.15) is 11.6 Å². The molecule has 226 valence electrons. The third-order valence-corrected chi connectivity index (χ3v) is 7.01. The van der Waals surface area contributed by atoms with Gasteiger partial charge < -0.3 is 21.1 Å². The predicted octanol–water partition coefficient (Wildman–Crippen LogP) is 6.67. The molecule has 2 unspecified atom stereocenters. The van der Waals surface area contributed by atoms with Crippen LogP contribution in [0.15, 0.2) is 30.3 Å². The van der Waals surface area contributed by atoms with E-state index in [-0.39, 0.29) is 28.3 Å². The molecule has 2 aliphatic heterocycles. The molecule has 41 heavy (non-hydrogen) atoms. The summed E-state index contributed by atoms with van der Waals surface area (Å²) in [5.41, 5.74) is 1.32. The molecule has 2 atom stereocenters. The molecule has 0 bridgehead atoms. The Balaban J connectivity index is 0.000000291. The number of carbonyl (C=O) groups is 3. The van der Waals surface area contributed by atoms with Crippen molar-refractivity contribution in [3.63, 3.8) is 0 Å². The summed E-state index contributed by atoms with van der Waals surface area (Å²) in [7, 11) is 0. The van der Waals surface area contributed by atoms with E-state index >= 15 is 0 Å². The second kappa shape index (κ2) is 15.5. The molecule has 0 aromatic heterocycles. The van der Waals surface area contributed by atoms with Crippen molar-refractivity contribution in [2.75, 3.05) is 25.0 Å². The van der Waals surface area contributed by atoms with Crippen LogP contribution in [0.1, 0.15) is 76.8 Å². The van der Waals surface area contributed by atoms with Crippen LogP contribution < -0.4 is 16.0 Å². The number of nitrogens with one attached hydrogen (secondary N) is 3. The summed E-state index contributed by atoms with van der Waals surface area (Å²) in [4.78, 5) is 32.7. The number of benzene rings is 2. The summed E-state index contributed by atoms with van der Waals surface area (Å²) in [6.07, 6.45) is 4.49. The molecule has 11 heteroatoms. The van der Waals surface area contributed by atoms with E-state index in [4.69, 9.17) is 28.3 Å². The fraction of sp³-hybridized carbons (Fsp3) is 0.500. The average Bonchev–Trinajstić information content (AvgIpc) is 3.42. The smallest absolute Gasteiger partial charge is 0.303 e. The first kappa shape index (κ1) is 34.5. The van der Waals surface area contributed by atoms with Gasteiger partial charge in [-0.05, 0) is 53.6 Å². The van der Waals surface area contributed by atoms with Crippen molar-refractivity contribution in [3.8, 4) is 0 Å². The number of hydrogen-bond acceptors (Lipinski definition) is 4. The largest absolute Gasteiger partial charge is 0.481 e. The van der Waals surface area contributed by atoms with E-state index in [1.165, 1.54) is 24.3 Å². The standard InChI is InChI=1S/C17H12Cl2F2N2O.C8H15NO3.C5H12/c18-11-3-8(1-2-13(11)20)10-6-22-7-17(10)9-4-14(21)12(19)5-15(9)23-16(17)24;10-7-9-6-4-2-1-3-5-8(11)12;1-5(2,3)4/h1-5,10,22H,6-7H2,(H,23,24);7H,1-6H2,(H,9,10)(H,11,12);1-4H3. The van der Waals surface area contributed by atoms with Gasteiger partial charge in [-0.3, -0.25) is 14.4 Å². The maximum atomic E-state index is 14.0. The maximum Gasteiger partial charge on any atom is 0.303 e. The summed E-state index contributed by atoms with van der Waals surface area (Å²) in [5.74, 6) is -2.35. The number of amides is 2. The summed E-state index contributed by atoms with van der Waals surface area (Å²) < 4.78 is 27.5. The number of carboxylic acid groups (broad SMARTS) is 1. The minimum atomic E-state index is -0.970. The Morgan fingerprint density at radius 3 is 2.32 bits per heavy atom. The Kier molecular flexibility index (Phi) is 13.0. The first-order valence-corrected chi connectivity index (χ1v) is 14.3. The van der Waals surface area contributed by atoms with Gasteiger partial charge in [-0.15, -0.1) is 0 Å². The molecule has 4 rings (SSSR count). The molecular formula is C30H39Cl2F2N3O4. The molecule has 0 aliphatic carbocycles. The molecule has 2 amide bonds. The van der Waals surface area contributed by atoms with E-state index in [0.717, 1.165) is 31.2 Å². The highest BCUT2D eigenvalue weighted by atomic mass is 35.5. The minimum absolute atomic E-state index is 0.00420. The lowest BCUT2D eigenvalue weighted by Crippen LogP contribution is -2.41. The first-order chi connectivity index (χ1) is 19.2. The lowest BCUT2D eigenvalue weighted by atomic mass is 9.70. The number of carboxylic acids is 1. The number of hydrogen-bond donors (Lipinski definition) is 4. The monoisotopic (exact) mass is 613 g/mol. The Morgan fingerprint density at radius 2 is 1.71 bits per heavy atom.